The lowest BCUT2D eigenvalue weighted by molar-refractivity contribution is 0.0261. The number of rotatable bonds is 12. The van der Waals surface area contributed by atoms with E-state index in [1.807, 2.05) is 0 Å². The average molecular weight is 971 g/mol. The van der Waals surface area contributed by atoms with E-state index in [4.69, 9.17) is 0 Å². The number of pyridine rings is 2. The maximum atomic E-state index is 13.2. The molecule has 8 rings (SSSR count). The molecule has 4 atom stereocenters. The molecular formula is C42H58F4N10O8S2. The second-order valence-electron chi connectivity index (χ2n) is 18.5. The van der Waals surface area contributed by atoms with E-state index in [1.54, 1.807) is 13.8 Å². The summed E-state index contributed by atoms with van der Waals surface area (Å²) in [5.74, 6) is 0.542. The molecule has 0 bridgehead atoms. The number of fused-ring (bicyclic) bond motifs is 2. The maximum Gasteiger partial charge on any atom is 0.255 e. The Morgan fingerprint density at radius 2 is 1.00 bits per heavy atom. The molecule has 24 heteroatoms. The first kappa shape index (κ1) is 49.5. The van der Waals surface area contributed by atoms with Gasteiger partial charge in [-0.3, -0.25) is 18.7 Å². The quantitative estimate of drug-likeness (QED) is 0.148. The summed E-state index contributed by atoms with van der Waals surface area (Å²) in [4.78, 5) is 44.1. The van der Waals surface area contributed by atoms with Crippen LogP contribution in [0.1, 0.15) is 101 Å². The van der Waals surface area contributed by atoms with Crippen LogP contribution in [0.3, 0.4) is 0 Å². The highest BCUT2D eigenvalue weighted by molar-refractivity contribution is 7.88. The predicted molar refractivity (Wildman–Crippen MR) is 240 cm³/mol. The third kappa shape index (κ3) is 11.1. The van der Waals surface area contributed by atoms with Crippen LogP contribution < -0.4 is 21.8 Å². The molecule has 6 heterocycles. The number of anilines is 2. The van der Waals surface area contributed by atoms with Crippen LogP contribution in [0, 0.1) is 0 Å². The molecule has 2 saturated carbocycles. The van der Waals surface area contributed by atoms with E-state index in [9.17, 15) is 54.2 Å². The Kier molecular flexibility index (Phi) is 14.5. The molecular weight excluding hydrogens is 913 g/mol. The van der Waals surface area contributed by atoms with Crippen molar-refractivity contribution in [3.8, 4) is 0 Å². The van der Waals surface area contributed by atoms with Crippen LogP contribution in [0.2, 0.25) is 0 Å². The smallest absolute Gasteiger partial charge is 0.255 e. The van der Waals surface area contributed by atoms with Crippen molar-refractivity contribution in [3.05, 3.63) is 56.4 Å². The SMILES string of the molecule is C[C@@]1(O)CCC[C@H]1n1c(=O)c(CC(F)F)cc2cnc(NC3CCN(S(C)(=O)=O)CC3)nc21.C[C@]1(O)CCC[C@@H]1n1c(=O)c(CC(F)F)cc2cnc(NC3CCN(S(C)(=O)=O)CC3)nc21. The van der Waals surface area contributed by atoms with Crippen LogP contribution in [0.4, 0.5) is 29.5 Å². The van der Waals surface area contributed by atoms with Gasteiger partial charge >= 0.3 is 0 Å². The summed E-state index contributed by atoms with van der Waals surface area (Å²) < 4.78 is 105. The van der Waals surface area contributed by atoms with Gasteiger partial charge in [-0.15, -0.1) is 0 Å². The number of hydrogen-bond acceptors (Lipinski definition) is 14. The summed E-state index contributed by atoms with van der Waals surface area (Å²) >= 11 is 0. The fourth-order valence-corrected chi connectivity index (χ4v) is 11.5. The van der Waals surface area contributed by atoms with Gasteiger partial charge in [0.2, 0.25) is 44.8 Å². The molecule has 4 aromatic rings. The van der Waals surface area contributed by atoms with E-state index in [1.165, 1.54) is 54.8 Å². The van der Waals surface area contributed by atoms with Crippen LogP contribution in [0.15, 0.2) is 34.1 Å². The van der Waals surface area contributed by atoms with E-state index >= 15 is 0 Å². The molecule has 0 amide bonds. The van der Waals surface area contributed by atoms with Gasteiger partial charge in [0.25, 0.3) is 11.1 Å². The number of aliphatic hydroxyl groups is 2. The highest BCUT2D eigenvalue weighted by Gasteiger charge is 2.41. The molecule has 4 N–H and O–H groups in total. The lowest BCUT2D eigenvalue weighted by Gasteiger charge is -2.31. The van der Waals surface area contributed by atoms with E-state index in [0.29, 0.717) is 101 Å². The normalized spacial score (nSPS) is 25.2. The van der Waals surface area contributed by atoms with Crippen molar-refractivity contribution in [2.45, 2.75) is 139 Å². The number of sulfonamides is 2. The topological polar surface area (TPSA) is 235 Å². The molecule has 2 saturated heterocycles. The van der Waals surface area contributed by atoms with Crippen molar-refractivity contribution in [1.29, 1.82) is 0 Å². The Labute approximate surface area is 380 Å². The van der Waals surface area contributed by atoms with Gasteiger partial charge in [-0.05, 0) is 90.2 Å². The molecule has 2 aliphatic heterocycles. The largest absolute Gasteiger partial charge is 0.388 e. The zero-order chi connectivity index (χ0) is 47.9. The first-order valence-corrected chi connectivity index (χ1v) is 25.9. The van der Waals surface area contributed by atoms with Crippen LogP contribution in [0.25, 0.3) is 22.1 Å². The Morgan fingerprint density at radius 3 is 1.29 bits per heavy atom. The number of nitrogens with zero attached hydrogens (tertiary/aromatic N) is 8. The molecule has 0 radical (unpaired) electrons. The van der Waals surface area contributed by atoms with E-state index < -0.39 is 80.1 Å². The van der Waals surface area contributed by atoms with E-state index in [0.717, 1.165) is 0 Å². The van der Waals surface area contributed by atoms with Crippen LogP contribution in [0.5, 0.6) is 0 Å². The number of hydrogen-bond donors (Lipinski definition) is 4. The van der Waals surface area contributed by atoms with Gasteiger partial charge in [-0.1, -0.05) is 0 Å². The minimum absolute atomic E-state index is 0.0299. The molecule has 4 aromatic heterocycles. The zero-order valence-corrected chi connectivity index (χ0v) is 39.0. The summed E-state index contributed by atoms with van der Waals surface area (Å²) in [6, 6.07) is 1.55. The minimum atomic E-state index is -3.24. The second-order valence-corrected chi connectivity index (χ2v) is 22.5. The van der Waals surface area contributed by atoms with Gasteiger partial charge in [-0.2, -0.15) is 9.97 Å². The summed E-state index contributed by atoms with van der Waals surface area (Å²) in [7, 11) is -6.47. The highest BCUT2D eigenvalue weighted by Crippen LogP contribution is 2.41. The van der Waals surface area contributed by atoms with Crippen molar-refractivity contribution >= 4 is 54.0 Å². The van der Waals surface area contributed by atoms with Gasteiger partial charge in [-0.25, -0.2) is 53.0 Å². The standard InChI is InChI=1S/2C21H29F2N5O4S/c2*1-21(30)7-3-4-16(21)28-18-14(10-13(19(28)29)11-17(22)23)12-24-20(26-18)25-15-5-8-27(9-6-15)33(2,31)32/h2*10,12,15-17,30H,3-9,11H2,1-2H3,(H,24,25,26)/t2*16-,21-/m10/s1. The van der Waals surface area contributed by atoms with Crippen LogP contribution in [-0.4, -0.2) is 140 Å². The highest BCUT2D eigenvalue weighted by atomic mass is 32.2. The Balaban J connectivity index is 0.000000196. The summed E-state index contributed by atoms with van der Waals surface area (Å²) in [6.45, 7) is 4.85. The fourth-order valence-electron chi connectivity index (χ4n) is 9.80. The number of nitrogens with one attached hydrogen (secondary N) is 2. The van der Waals surface area contributed by atoms with Crippen molar-refractivity contribution in [3.63, 3.8) is 0 Å². The first-order valence-electron chi connectivity index (χ1n) is 22.2. The van der Waals surface area contributed by atoms with Gasteiger partial charge in [0.15, 0.2) is 0 Å². The molecule has 0 spiro atoms. The summed E-state index contributed by atoms with van der Waals surface area (Å²) in [6.07, 6.45) is 4.45. The van der Waals surface area contributed by atoms with Crippen molar-refractivity contribution in [2.24, 2.45) is 0 Å². The number of aromatic nitrogens is 6. The molecule has 18 nitrogen and oxygen atoms in total. The zero-order valence-electron chi connectivity index (χ0n) is 37.3. The third-order valence-corrected chi connectivity index (χ3v) is 15.9. The first-order chi connectivity index (χ1) is 30.9. The van der Waals surface area contributed by atoms with Crippen LogP contribution >= 0.6 is 0 Å². The lowest BCUT2D eigenvalue weighted by Crippen LogP contribution is -2.42. The second kappa shape index (κ2) is 19.3. The van der Waals surface area contributed by atoms with Crippen LogP contribution in [-0.2, 0) is 32.9 Å². The molecule has 2 aliphatic carbocycles. The summed E-state index contributed by atoms with van der Waals surface area (Å²) in [5, 5.41) is 29.0. The molecule has 4 aliphatic rings. The summed E-state index contributed by atoms with van der Waals surface area (Å²) in [5.41, 5.74) is -2.93. The molecule has 0 unspecified atom stereocenters. The maximum absolute atomic E-state index is 13.2. The van der Waals surface area contributed by atoms with Crippen molar-refractivity contribution < 1.29 is 44.6 Å². The lowest BCUT2D eigenvalue weighted by atomic mass is 9.99. The van der Waals surface area contributed by atoms with Gasteiger partial charge < -0.3 is 20.8 Å². The average Bonchev–Trinajstić information content (AvgIpc) is 3.77. The van der Waals surface area contributed by atoms with Gasteiger partial charge in [0.05, 0.1) is 35.8 Å². The fraction of sp³-hybridized carbons (Fsp3) is 0.667. The minimum Gasteiger partial charge on any atom is -0.388 e. The van der Waals surface area contributed by atoms with E-state index in [-0.39, 0.29) is 46.4 Å². The number of piperidine rings is 2. The Hall–Kier alpha value is -4.36. The predicted octanol–water partition coefficient (Wildman–Crippen LogP) is 3.82. The molecule has 4 fully saturated rings. The van der Waals surface area contributed by atoms with E-state index in [2.05, 4.69) is 30.6 Å². The Morgan fingerprint density at radius 1 is 0.652 bits per heavy atom. The van der Waals surface area contributed by atoms with Gasteiger partial charge in [0.1, 0.15) is 11.3 Å². The third-order valence-electron chi connectivity index (χ3n) is 13.3. The van der Waals surface area contributed by atoms with Crippen molar-refractivity contribution in [2.75, 3.05) is 49.3 Å². The molecule has 364 valence electrons. The van der Waals surface area contributed by atoms with Gasteiger partial charge in [0, 0.05) is 85.4 Å². The number of alkyl halides is 4. The molecule has 0 aromatic carbocycles. The Bertz CT molecular complexity index is 2570. The number of halogens is 4. The van der Waals surface area contributed by atoms with Crippen molar-refractivity contribution in [1.82, 2.24) is 37.7 Å². The monoisotopic (exact) mass is 970 g/mol. The molecule has 66 heavy (non-hydrogen) atoms.